The number of aromatic nitrogens is 4. The Kier molecular flexibility index (Phi) is 16.3. The molecule has 0 aliphatic carbocycles. The van der Waals surface area contributed by atoms with Crippen molar-refractivity contribution < 1.29 is 59.8 Å². The number of aliphatic hydroxyl groups excluding tert-OH is 8. The summed E-state index contributed by atoms with van der Waals surface area (Å²) < 4.78 is 23.2. The van der Waals surface area contributed by atoms with Crippen LogP contribution in [0.3, 0.4) is 0 Å². The molecule has 72 heavy (non-hydrogen) atoms. The number of nitrogens with one attached hydrogen (secondary N) is 2. The Morgan fingerprint density at radius 1 is 0.444 bits per heavy atom. The van der Waals surface area contributed by atoms with Crippen molar-refractivity contribution in [2.24, 2.45) is 0 Å². The standard InChI is InChI=1S/C56H66N4O12/c1-3-5-7-9-11-35-37-21-25-41(57-37)47(31-13-17-33(18-14-31)69-55-53(67)51(65)49(63)45(29-61)71-55)43-27-23-39(59-43)36(12-10-8-6-4-2)40-24-28-44(60-40)48(42-26-22-38(35)58-42)32-15-19-34(20-16-32)70-56-54(68)52(66)50(64)46(30-62)72-56/h13-28,45-46,49-57,60-68H,3-12,29-30H2,1-2H3. The first-order valence-electron chi connectivity index (χ1n) is 25.3. The van der Waals surface area contributed by atoms with E-state index >= 15 is 0 Å². The minimum atomic E-state index is -1.57. The molecule has 10 unspecified atom stereocenters. The average Bonchev–Trinajstić information content (AvgIpc) is 4.26. The highest BCUT2D eigenvalue weighted by molar-refractivity contribution is 5.94. The van der Waals surface area contributed by atoms with Crippen LogP contribution >= 0.6 is 0 Å². The first-order valence-corrected chi connectivity index (χ1v) is 25.3. The van der Waals surface area contributed by atoms with Crippen LogP contribution < -0.4 is 9.47 Å². The van der Waals surface area contributed by atoms with Crippen LogP contribution in [0.2, 0.25) is 0 Å². The first-order chi connectivity index (χ1) is 35.0. The van der Waals surface area contributed by atoms with Crippen molar-refractivity contribution in [3.63, 3.8) is 0 Å². The maximum atomic E-state index is 10.7. The molecular formula is C56H66N4O12. The summed E-state index contributed by atoms with van der Waals surface area (Å²) >= 11 is 0. The highest BCUT2D eigenvalue weighted by atomic mass is 16.7. The van der Waals surface area contributed by atoms with Crippen LogP contribution in [-0.4, -0.2) is 135 Å². The number of hydrogen-bond acceptors (Lipinski definition) is 14. The lowest BCUT2D eigenvalue weighted by molar-refractivity contribution is -0.277. The zero-order valence-corrected chi connectivity index (χ0v) is 40.6. The van der Waals surface area contributed by atoms with Gasteiger partial charge in [0.15, 0.2) is 0 Å². The normalized spacial score (nSPS) is 25.0. The molecule has 0 saturated carbocycles. The lowest BCUT2D eigenvalue weighted by atomic mass is 9.99. The highest BCUT2D eigenvalue weighted by Gasteiger charge is 2.46. The largest absolute Gasteiger partial charge is 0.462 e. The van der Waals surface area contributed by atoms with Crippen molar-refractivity contribution in [2.45, 2.75) is 139 Å². The molecule has 0 spiro atoms. The number of nitrogens with zero attached hydrogens (tertiary/aromatic N) is 2. The summed E-state index contributed by atoms with van der Waals surface area (Å²) in [5.74, 6) is 0.694. The molecule has 2 saturated heterocycles. The molecule has 7 heterocycles. The molecule has 16 nitrogen and oxygen atoms in total. The van der Waals surface area contributed by atoms with Gasteiger partial charge in [0.1, 0.15) is 60.3 Å². The predicted molar refractivity (Wildman–Crippen MR) is 274 cm³/mol. The smallest absolute Gasteiger partial charge is 0.229 e. The fourth-order valence-electron chi connectivity index (χ4n) is 9.91. The van der Waals surface area contributed by atoms with E-state index in [4.69, 9.17) is 28.9 Å². The lowest BCUT2D eigenvalue weighted by Crippen LogP contribution is -2.60. The van der Waals surface area contributed by atoms with E-state index in [1.165, 1.54) is 0 Å². The van der Waals surface area contributed by atoms with Gasteiger partial charge in [-0.3, -0.25) is 0 Å². The van der Waals surface area contributed by atoms with Gasteiger partial charge in [-0.1, -0.05) is 76.6 Å². The van der Waals surface area contributed by atoms with Crippen molar-refractivity contribution in [2.75, 3.05) is 13.2 Å². The van der Waals surface area contributed by atoms with Crippen LogP contribution in [0.1, 0.15) is 99.1 Å². The molecule has 4 aliphatic heterocycles. The molecule has 5 aromatic rings. The third kappa shape index (κ3) is 10.8. The van der Waals surface area contributed by atoms with Gasteiger partial charge in [0, 0.05) is 44.3 Å². The number of rotatable bonds is 18. The van der Waals surface area contributed by atoms with E-state index < -0.39 is 74.6 Å². The lowest BCUT2D eigenvalue weighted by Gasteiger charge is -2.39. The van der Waals surface area contributed by atoms with Crippen molar-refractivity contribution >= 4 is 46.4 Å². The first kappa shape index (κ1) is 51.2. The zero-order valence-electron chi connectivity index (χ0n) is 40.6. The van der Waals surface area contributed by atoms with E-state index in [0.29, 0.717) is 11.5 Å². The number of unbranched alkanes of at least 4 members (excludes halogenated alkanes) is 6. The molecule has 8 bridgehead atoms. The van der Waals surface area contributed by atoms with Gasteiger partial charge in [-0.2, -0.15) is 0 Å². The fourth-order valence-corrected chi connectivity index (χ4v) is 9.91. The molecule has 0 amide bonds. The summed E-state index contributed by atoms with van der Waals surface area (Å²) in [5, 5.41) is 82.2. The van der Waals surface area contributed by atoms with E-state index in [1.54, 1.807) is 24.3 Å². The van der Waals surface area contributed by atoms with E-state index in [9.17, 15) is 40.9 Å². The summed E-state index contributed by atoms with van der Waals surface area (Å²) in [6.07, 6.45) is 4.14. The number of aryl methyl sites for hydroxylation is 2. The molecule has 10 atom stereocenters. The molecule has 0 radical (unpaired) electrons. The highest BCUT2D eigenvalue weighted by Crippen LogP contribution is 2.37. The SMILES string of the molecule is CCCCCCc1c2nc(c(-c3ccc(OC4OC(CO)C(O)C(O)C4O)cc3)c3ccc([nH]3)c(CCCCCC)c3nc(c(-c4ccc(OC5OC(CO)C(O)C(O)C5O)cc4)c4ccc1[nH]4)C=C3)C=C2. The van der Waals surface area contributed by atoms with Crippen LogP contribution in [0.4, 0.5) is 0 Å². The number of H-pyrrole nitrogens is 2. The monoisotopic (exact) mass is 986 g/mol. The van der Waals surface area contributed by atoms with Gasteiger partial charge in [-0.25, -0.2) is 9.97 Å². The fraction of sp³-hybridized carbons (Fsp3) is 0.429. The van der Waals surface area contributed by atoms with Crippen molar-refractivity contribution in [1.29, 1.82) is 0 Å². The van der Waals surface area contributed by atoms with Gasteiger partial charge < -0.3 is 69.8 Å². The molecule has 382 valence electrons. The van der Waals surface area contributed by atoms with Crippen LogP contribution in [0, 0.1) is 0 Å². The van der Waals surface area contributed by atoms with Gasteiger partial charge in [0.25, 0.3) is 0 Å². The molecule has 2 aromatic carbocycles. The maximum absolute atomic E-state index is 10.7. The molecule has 2 fully saturated rings. The van der Waals surface area contributed by atoms with E-state index in [0.717, 1.165) is 142 Å². The Balaban J connectivity index is 1.18. The minimum Gasteiger partial charge on any atom is -0.462 e. The third-order valence-corrected chi connectivity index (χ3v) is 14.0. The summed E-state index contributed by atoms with van der Waals surface area (Å²) in [6.45, 7) is 3.26. The van der Waals surface area contributed by atoms with E-state index in [-0.39, 0.29) is 0 Å². The number of fused-ring (bicyclic) bond motifs is 8. The summed E-state index contributed by atoms with van der Waals surface area (Å²) in [6, 6.07) is 22.9. The number of aliphatic hydroxyl groups is 8. The Morgan fingerprint density at radius 3 is 1.19 bits per heavy atom. The van der Waals surface area contributed by atoms with Crippen molar-refractivity contribution in [3.8, 4) is 33.8 Å². The Morgan fingerprint density at radius 2 is 0.819 bits per heavy atom. The number of hydrogen-bond donors (Lipinski definition) is 10. The maximum Gasteiger partial charge on any atom is 0.229 e. The van der Waals surface area contributed by atoms with Crippen LogP contribution in [-0.2, 0) is 22.3 Å². The van der Waals surface area contributed by atoms with Gasteiger partial charge in [0.05, 0.1) is 36.0 Å². The molecule has 16 heteroatoms. The van der Waals surface area contributed by atoms with Gasteiger partial charge in [-0.15, -0.1) is 0 Å². The van der Waals surface area contributed by atoms with Gasteiger partial charge >= 0.3 is 0 Å². The Bertz CT molecular complexity index is 2680. The topological polar surface area (TPSA) is 256 Å². The van der Waals surface area contributed by atoms with Gasteiger partial charge in [0.2, 0.25) is 12.6 Å². The Hall–Kier alpha value is -5.76. The van der Waals surface area contributed by atoms with Crippen LogP contribution in [0.25, 0.3) is 68.6 Å². The summed E-state index contributed by atoms with van der Waals surface area (Å²) in [5.41, 5.74) is 12.2. The molecule has 4 aliphatic rings. The van der Waals surface area contributed by atoms with Crippen LogP contribution in [0.5, 0.6) is 11.5 Å². The minimum absolute atomic E-state index is 0.347. The predicted octanol–water partition coefficient (Wildman–Crippen LogP) is 6.59. The van der Waals surface area contributed by atoms with Crippen molar-refractivity contribution in [1.82, 2.24) is 19.9 Å². The number of benzene rings is 2. The summed E-state index contributed by atoms with van der Waals surface area (Å²) in [4.78, 5) is 18.3. The second-order valence-electron chi connectivity index (χ2n) is 19.0. The average molecular weight is 987 g/mol. The quantitative estimate of drug-likeness (QED) is 0.0407. The van der Waals surface area contributed by atoms with Gasteiger partial charge in [-0.05, 0) is 110 Å². The second kappa shape index (κ2) is 23.0. The van der Waals surface area contributed by atoms with E-state index in [2.05, 4.69) is 60.2 Å². The number of ether oxygens (including phenoxy) is 4. The zero-order chi connectivity index (χ0) is 50.5. The van der Waals surface area contributed by atoms with E-state index in [1.807, 2.05) is 36.4 Å². The molecular weight excluding hydrogens is 921 g/mol. The second-order valence-corrected chi connectivity index (χ2v) is 19.0. The van der Waals surface area contributed by atoms with Crippen molar-refractivity contribution in [3.05, 3.63) is 107 Å². The summed E-state index contributed by atoms with van der Waals surface area (Å²) in [7, 11) is 0. The number of aromatic amines is 2. The molecule has 3 aromatic heterocycles. The molecule has 9 rings (SSSR count). The third-order valence-electron chi connectivity index (χ3n) is 14.0. The molecule has 10 N–H and O–H groups in total. The van der Waals surface area contributed by atoms with Crippen LogP contribution in [0.15, 0.2) is 72.8 Å². The Labute approximate surface area is 417 Å².